The van der Waals surface area contributed by atoms with Crippen molar-refractivity contribution in [3.8, 4) is 5.69 Å². The molecule has 1 atom stereocenters. The minimum absolute atomic E-state index is 0.354. The first kappa shape index (κ1) is 15.1. The highest BCUT2D eigenvalue weighted by Crippen LogP contribution is 2.22. The second kappa shape index (κ2) is 6.24. The third kappa shape index (κ3) is 2.89. The molecule has 0 spiro atoms. The molecule has 1 N–H and O–H groups in total. The molecule has 1 aromatic heterocycles. The molecular formula is C19H15N3O3. The lowest BCUT2D eigenvalue weighted by Gasteiger charge is -2.23. The van der Waals surface area contributed by atoms with Crippen LogP contribution in [0.5, 0.6) is 0 Å². The van der Waals surface area contributed by atoms with E-state index in [1.54, 1.807) is 29.1 Å². The predicted molar refractivity (Wildman–Crippen MR) is 91.5 cm³/mol. The third-order valence-corrected chi connectivity index (χ3v) is 4.08. The van der Waals surface area contributed by atoms with Gasteiger partial charge in [-0.2, -0.15) is 5.10 Å². The summed E-state index contributed by atoms with van der Waals surface area (Å²) in [6.45, 7) is 0. The molecule has 0 radical (unpaired) electrons. The summed E-state index contributed by atoms with van der Waals surface area (Å²) in [5, 5.41) is 7.02. The zero-order chi connectivity index (χ0) is 17.2. The van der Waals surface area contributed by atoms with Crippen LogP contribution in [0.1, 0.15) is 15.9 Å². The Morgan fingerprint density at radius 2 is 1.84 bits per heavy atom. The number of nitrogens with zero attached hydrogens (tertiary/aromatic N) is 2. The standard InChI is InChI=1S/C19H15N3O3/c23-18(16-12-13-6-4-5-9-15(13)19(24)25-16)21-17-10-11-20-22(17)14-7-2-1-3-8-14/h1-11,16H,12H2,(H,21,23)/t16-/m0/s1. The van der Waals surface area contributed by atoms with Gasteiger partial charge in [-0.25, -0.2) is 9.48 Å². The molecule has 1 amide bonds. The van der Waals surface area contributed by atoms with Gasteiger partial charge in [0.15, 0.2) is 6.10 Å². The van der Waals surface area contributed by atoms with Crippen LogP contribution in [0.15, 0.2) is 66.9 Å². The summed E-state index contributed by atoms with van der Waals surface area (Å²) in [4.78, 5) is 24.6. The molecule has 0 saturated carbocycles. The van der Waals surface area contributed by atoms with Crippen LogP contribution >= 0.6 is 0 Å². The van der Waals surface area contributed by atoms with Gasteiger partial charge in [0, 0.05) is 12.5 Å². The number of nitrogens with one attached hydrogen (secondary N) is 1. The van der Waals surface area contributed by atoms with Crippen LogP contribution in [0, 0.1) is 0 Å². The van der Waals surface area contributed by atoms with E-state index in [0.717, 1.165) is 11.3 Å². The number of esters is 1. The molecule has 0 saturated heterocycles. The molecule has 2 aromatic carbocycles. The van der Waals surface area contributed by atoms with Crippen LogP contribution in [0.4, 0.5) is 5.82 Å². The molecule has 0 fully saturated rings. The Morgan fingerprint density at radius 1 is 1.08 bits per heavy atom. The van der Waals surface area contributed by atoms with Crippen molar-refractivity contribution in [1.82, 2.24) is 9.78 Å². The van der Waals surface area contributed by atoms with Gasteiger partial charge in [-0.3, -0.25) is 4.79 Å². The van der Waals surface area contributed by atoms with E-state index in [2.05, 4.69) is 10.4 Å². The summed E-state index contributed by atoms with van der Waals surface area (Å²) in [7, 11) is 0. The number of para-hydroxylation sites is 1. The van der Waals surface area contributed by atoms with E-state index in [9.17, 15) is 9.59 Å². The number of ether oxygens (including phenoxy) is 1. The number of carbonyl (C=O) groups is 2. The molecule has 6 heteroatoms. The lowest BCUT2D eigenvalue weighted by molar-refractivity contribution is -0.125. The van der Waals surface area contributed by atoms with Gasteiger partial charge >= 0.3 is 5.97 Å². The Morgan fingerprint density at radius 3 is 2.68 bits per heavy atom. The van der Waals surface area contributed by atoms with Crippen molar-refractivity contribution in [1.29, 1.82) is 0 Å². The average Bonchev–Trinajstić information content (AvgIpc) is 3.10. The fourth-order valence-corrected chi connectivity index (χ4v) is 2.86. The first-order valence-electron chi connectivity index (χ1n) is 7.91. The number of hydrogen-bond acceptors (Lipinski definition) is 4. The van der Waals surface area contributed by atoms with Crippen molar-refractivity contribution in [2.24, 2.45) is 0 Å². The van der Waals surface area contributed by atoms with Crippen molar-refractivity contribution in [2.75, 3.05) is 5.32 Å². The number of cyclic esters (lactones) is 1. The molecule has 25 heavy (non-hydrogen) atoms. The van der Waals surface area contributed by atoms with Crippen LogP contribution in [-0.2, 0) is 16.0 Å². The number of anilines is 1. The number of hydrogen-bond donors (Lipinski definition) is 1. The fraction of sp³-hybridized carbons (Fsp3) is 0.105. The van der Waals surface area contributed by atoms with Gasteiger partial charge < -0.3 is 10.1 Å². The topological polar surface area (TPSA) is 73.2 Å². The van der Waals surface area contributed by atoms with Crippen LogP contribution in [0.25, 0.3) is 5.69 Å². The number of benzene rings is 2. The molecule has 0 bridgehead atoms. The van der Waals surface area contributed by atoms with Crippen molar-refractivity contribution in [3.63, 3.8) is 0 Å². The molecule has 1 aliphatic heterocycles. The SMILES string of the molecule is O=C1O[C@H](C(=O)Nc2ccnn2-c2ccccc2)Cc2ccccc21. The van der Waals surface area contributed by atoms with Crippen LogP contribution in [0.3, 0.4) is 0 Å². The lowest BCUT2D eigenvalue weighted by Crippen LogP contribution is -2.38. The minimum atomic E-state index is -0.860. The van der Waals surface area contributed by atoms with Crippen molar-refractivity contribution in [3.05, 3.63) is 78.0 Å². The Balaban J connectivity index is 1.55. The summed E-state index contributed by atoms with van der Waals surface area (Å²) in [6, 6.07) is 18.3. The molecule has 6 nitrogen and oxygen atoms in total. The van der Waals surface area contributed by atoms with Gasteiger partial charge in [-0.05, 0) is 23.8 Å². The number of amides is 1. The number of rotatable bonds is 3. The average molecular weight is 333 g/mol. The maximum atomic E-state index is 12.6. The number of carbonyl (C=O) groups excluding carboxylic acids is 2. The van der Waals surface area contributed by atoms with E-state index in [4.69, 9.17) is 4.74 Å². The summed E-state index contributed by atoms with van der Waals surface area (Å²) in [5.74, 6) is -0.329. The van der Waals surface area contributed by atoms with Gasteiger partial charge in [0.1, 0.15) is 5.82 Å². The number of fused-ring (bicyclic) bond motifs is 1. The van der Waals surface area contributed by atoms with Crippen LogP contribution in [0.2, 0.25) is 0 Å². The smallest absolute Gasteiger partial charge is 0.339 e. The first-order chi connectivity index (χ1) is 12.2. The minimum Gasteiger partial charge on any atom is -0.448 e. The highest BCUT2D eigenvalue weighted by molar-refractivity contribution is 5.99. The molecule has 2 heterocycles. The van der Waals surface area contributed by atoms with E-state index in [-0.39, 0.29) is 5.91 Å². The van der Waals surface area contributed by atoms with Gasteiger partial charge in [0.2, 0.25) is 0 Å². The molecule has 1 aliphatic rings. The Bertz CT molecular complexity index is 934. The molecule has 0 unspecified atom stereocenters. The second-order valence-corrected chi connectivity index (χ2v) is 5.71. The summed E-state index contributed by atoms with van der Waals surface area (Å²) in [5.41, 5.74) is 2.16. The van der Waals surface area contributed by atoms with Crippen molar-refractivity contribution >= 4 is 17.7 Å². The molecule has 4 rings (SSSR count). The molecule has 0 aliphatic carbocycles. The zero-order valence-corrected chi connectivity index (χ0v) is 13.3. The van der Waals surface area contributed by atoms with E-state index in [0.29, 0.717) is 17.8 Å². The maximum absolute atomic E-state index is 12.6. The van der Waals surface area contributed by atoms with Gasteiger partial charge in [-0.15, -0.1) is 0 Å². The first-order valence-corrected chi connectivity index (χ1v) is 7.91. The molecule has 3 aromatic rings. The highest BCUT2D eigenvalue weighted by Gasteiger charge is 2.31. The van der Waals surface area contributed by atoms with E-state index < -0.39 is 12.1 Å². The third-order valence-electron chi connectivity index (χ3n) is 4.08. The summed E-state index contributed by atoms with van der Waals surface area (Å²) in [6.07, 6.45) is 1.10. The van der Waals surface area contributed by atoms with Crippen molar-refractivity contribution < 1.29 is 14.3 Å². The fourth-order valence-electron chi connectivity index (χ4n) is 2.86. The van der Waals surface area contributed by atoms with Gasteiger partial charge in [-0.1, -0.05) is 36.4 Å². The second-order valence-electron chi connectivity index (χ2n) is 5.71. The monoisotopic (exact) mass is 333 g/mol. The van der Waals surface area contributed by atoms with Crippen LogP contribution in [-0.4, -0.2) is 27.8 Å². The van der Waals surface area contributed by atoms with Gasteiger partial charge in [0.05, 0.1) is 17.4 Å². The Hall–Kier alpha value is -3.41. The molecule has 124 valence electrons. The largest absolute Gasteiger partial charge is 0.448 e. The normalized spacial score (nSPS) is 16.0. The molecular weight excluding hydrogens is 318 g/mol. The van der Waals surface area contributed by atoms with Crippen LogP contribution < -0.4 is 5.32 Å². The highest BCUT2D eigenvalue weighted by atomic mass is 16.5. The predicted octanol–water partition coefficient (Wildman–Crippen LogP) is 2.59. The van der Waals surface area contributed by atoms with E-state index in [1.807, 2.05) is 42.5 Å². The van der Waals surface area contributed by atoms with E-state index in [1.165, 1.54) is 0 Å². The quantitative estimate of drug-likeness (QED) is 0.748. The zero-order valence-electron chi connectivity index (χ0n) is 13.3. The Labute approximate surface area is 144 Å². The number of aromatic nitrogens is 2. The summed E-state index contributed by atoms with van der Waals surface area (Å²) < 4.78 is 6.91. The van der Waals surface area contributed by atoms with Crippen molar-refractivity contribution in [2.45, 2.75) is 12.5 Å². The summed E-state index contributed by atoms with van der Waals surface area (Å²) >= 11 is 0. The lowest BCUT2D eigenvalue weighted by atomic mass is 9.98. The van der Waals surface area contributed by atoms with E-state index >= 15 is 0 Å². The maximum Gasteiger partial charge on any atom is 0.339 e. The Kier molecular flexibility index (Phi) is 3.78. The van der Waals surface area contributed by atoms with Gasteiger partial charge in [0.25, 0.3) is 5.91 Å².